The number of hydrogen-bond acceptors (Lipinski definition) is 13. The molecular formula is C31H56N4O11. The summed E-state index contributed by atoms with van der Waals surface area (Å²) in [5.74, 6) is -0.101. The number of carbonyl (C=O) groups is 1. The predicted molar refractivity (Wildman–Crippen MR) is 164 cm³/mol. The van der Waals surface area contributed by atoms with E-state index in [4.69, 9.17) is 14.2 Å². The lowest BCUT2D eigenvalue weighted by Gasteiger charge is -2.45. The standard InChI is InChI=1S/C31H56N4O11/c1-2-3-4-5-6-7-8-9-10-11-12-13-14-15-23(38)32-16-20-17-35(34-33-20)30-27(42)26(41)29(22(19-37)44-30)46-31-28(43)25(40)24(39)21(18-36)45-31/h17,21-22,24-31,36-37,39-43H,2-16,18-19H2,1H3,(H,32,38)/t21-,22-,24-,25+,26-,27-,28-,29-,30-,31-/m1/s1. The molecule has 3 rings (SSSR count). The molecule has 2 aliphatic rings. The van der Waals surface area contributed by atoms with Crippen molar-refractivity contribution in [2.24, 2.45) is 0 Å². The largest absolute Gasteiger partial charge is 0.394 e. The molecule has 3 heterocycles. The van der Waals surface area contributed by atoms with Crippen molar-refractivity contribution in [3.63, 3.8) is 0 Å². The normalized spacial score (nSPS) is 31.7. The maximum absolute atomic E-state index is 12.3. The first-order chi connectivity index (χ1) is 22.2. The van der Waals surface area contributed by atoms with Gasteiger partial charge < -0.3 is 55.3 Å². The maximum Gasteiger partial charge on any atom is 0.220 e. The Morgan fingerprint density at radius 3 is 1.96 bits per heavy atom. The highest BCUT2D eigenvalue weighted by Gasteiger charge is 2.51. The number of carbonyl (C=O) groups excluding carboxylic acids is 1. The van der Waals surface area contributed by atoms with Gasteiger partial charge in [-0.1, -0.05) is 89.2 Å². The Morgan fingerprint density at radius 2 is 1.37 bits per heavy atom. The van der Waals surface area contributed by atoms with E-state index in [1.807, 2.05) is 0 Å². The first-order valence-corrected chi connectivity index (χ1v) is 17.0. The molecule has 0 aromatic carbocycles. The molecule has 266 valence electrons. The van der Waals surface area contributed by atoms with Crippen molar-refractivity contribution >= 4 is 5.91 Å². The molecule has 2 saturated heterocycles. The molecule has 1 aromatic heterocycles. The molecule has 8 N–H and O–H groups in total. The van der Waals surface area contributed by atoms with Crippen LogP contribution in [0, 0.1) is 0 Å². The van der Waals surface area contributed by atoms with Crippen molar-refractivity contribution < 1.29 is 54.8 Å². The number of aliphatic hydroxyl groups is 7. The lowest BCUT2D eigenvalue weighted by molar-refractivity contribution is -0.347. The summed E-state index contributed by atoms with van der Waals surface area (Å²) in [6.45, 7) is 0.993. The van der Waals surface area contributed by atoms with Crippen molar-refractivity contribution in [1.29, 1.82) is 0 Å². The van der Waals surface area contributed by atoms with E-state index in [1.165, 1.54) is 70.4 Å². The average Bonchev–Trinajstić information content (AvgIpc) is 3.53. The van der Waals surface area contributed by atoms with Crippen molar-refractivity contribution in [2.75, 3.05) is 13.2 Å². The van der Waals surface area contributed by atoms with E-state index in [0.29, 0.717) is 12.1 Å². The van der Waals surface area contributed by atoms with Crippen LogP contribution in [0.1, 0.15) is 109 Å². The lowest BCUT2D eigenvalue weighted by atomic mass is 9.96. The van der Waals surface area contributed by atoms with Gasteiger partial charge in [-0.25, -0.2) is 4.68 Å². The molecule has 1 amide bonds. The summed E-state index contributed by atoms with van der Waals surface area (Å²) in [7, 11) is 0. The maximum atomic E-state index is 12.3. The van der Waals surface area contributed by atoms with Crippen LogP contribution in [0.3, 0.4) is 0 Å². The third-order valence-electron chi connectivity index (χ3n) is 8.77. The number of unbranched alkanes of at least 4 members (excludes halogenated alkanes) is 12. The van der Waals surface area contributed by atoms with Crippen molar-refractivity contribution in [3.8, 4) is 0 Å². The smallest absolute Gasteiger partial charge is 0.220 e. The van der Waals surface area contributed by atoms with Gasteiger partial charge in [-0.2, -0.15) is 0 Å². The first kappa shape index (κ1) is 38.7. The number of nitrogens with zero attached hydrogens (tertiary/aromatic N) is 3. The molecule has 46 heavy (non-hydrogen) atoms. The van der Waals surface area contributed by atoms with E-state index in [2.05, 4.69) is 22.6 Å². The molecule has 10 atom stereocenters. The molecule has 0 spiro atoms. The van der Waals surface area contributed by atoms with Crippen LogP contribution >= 0.6 is 0 Å². The van der Waals surface area contributed by atoms with Gasteiger partial charge in [-0.05, 0) is 6.42 Å². The highest BCUT2D eigenvalue weighted by Crippen LogP contribution is 2.32. The molecule has 0 aliphatic carbocycles. The van der Waals surface area contributed by atoms with Crippen LogP contribution in [0.2, 0.25) is 0 Å². The summed E-state index contributed by atoms with van der Waals surface area (Å²) < 4.78 is 17.8. The number of rotatable bonds is 21. The fourth-order valence-corrected chi connectivity index (χ4v) is 5.89. The molecule has 0 radical (unpaired) electrons. The fraction of sp³-hybridized carbons (Fsp3) is 0.903. The summed E-state index contributed by atoms with van der Waals surface area (Å²) >= 11 is 0. The second-order valence-corrected chi connectivity index (χ2v) is 12.5. The van der Waals surface area contributed by atoms with Gasteiger partial charge in [0, 0.05) is 6.42 Å². The van der Waals surface area contributed by atoms with Gasteiger partial charge in [0.05, 0.1) is 26.0 Å². The van der Waals surface area contributed by atoms with Crippen molar-refractivity contribution in [1.82, 2.24) is 20.3 Å². The van der Waals surface area contributed by atoms with Gasteiger partial charge in [0.15, 0.2) is 12.5 Å². The van der Waals surface area contributed by atoms with E-state index < -0.39 is 74.6 Å². The third-order valence-corrected chi connectivity index (χ3v) is 8.77. The number of amides is 1. The summed E-state index contributed by atoms with van der Waals surface area (Å²) in [6, 6.07) is 0. The minimum atomic E-state index is -1.75. The van der Waals surface area contributed by atoms with Gasteiger partial charge >= 0.3 is 0 Å². The summed E-state index contributed by atoms with van der Waals surface area (Å²) in [4.78, 5) is 12.3. The number of ether oxygens (including phenoxy) is 3. The SMILES string of the molecule is CCCCCCCCCCCCCCCC(=O)NCc1cn([C@@H]2O[C@H](CO)[C@@H](O[C@H]3O[C@H](CO)[C@@H](O)[C@H](O)[C@H]3O)[C@H](O)[C@H]2O)nn1. The Kier molecular flexibility index (Phi) is 17.3. The first-order valence-electron chi connectivity index (χ1n) is 17.0. The van der Waals surface area contributed by atoms with Crippen LogP contribution in [-0.2, 0) is 25.5 Å². The zero-order valence-electron chi connectivity index (χ0n) is 27.0. The van der Waals surface area contributed by atoms with Crippen LogP contribution in [0.15, 0.2) is 6.20 Å². The molecule has 0 unspecified atom stereocenters. The monoisotopic (exact) mass is 660 g/mol. The predicted octanol–water partition coefficient (Wildman–Crippen LogP) is 0.172. The van der Waals surface area contributed by atoms with Crippen LogP contribution in [0.5, 0.6) is 0 Å². The minimum Gasteiger partial charge on any atom is -0.394 e. The van der Waals surface area contributed by atoms with E-state index >= 15 is 0 Å². The van der Waals surface area contributed by atoms with Gasteiger partial charge in [-0.3, -0.25) is 4.79 Å². The number of aromatic nitrogens is 3. The van der Waals surface area contributed by atoms with Crippen LogP contribution in [0.25, 0.3) is 0 Å². The zero-order valence-corrected chi connectivity index (χ0v) is 27.0. The van der Waals surface area contributed by atoms with E-state index in [1.54, 1.807) is 0 Å². The molecule has 2 fully saturated rings. The highest BCUT2D eigenvalue weighted by molar-refractivity contribution is 5.75. The number of hydrogen-bond donors (Lipinski definition) is 8. The van der Waals surface area contributed by atoms with Gasteiger partial charge in [0.2, 0.25) is 5.91 Å². The molecule has 2 aliphatic heterocycles. The van der Waals surface area contributed by atoms with Crippen molar-refractivity contribution in [3.05, 3.63) is 11.9 Å². The van der Waals surface area contributed by atoms with Gasteiger partial charge in [0.1, 0.15) is 54.5 Å². The van der Waals surface area contributed by atoms with E-state index in [9.17, 15) is 40.5 Å². The number of nitrogens with one attached hydrogen (secondary N) is 1. The molecule has 0 bridgehead atoms. The van der Waals surface area contributed by atoms with E-state index in [-0.39, 0.29) is 12.5 Å². The van der Waals surface area contributed by atoms with Crippen LogP contribution in [-0.4, -0.2) is 125 Å². The Hall–Kier alpha value is -1.79. The Morgan fingerprint density at radius 1 is 0.783 bits per heavy atom. The summed E-state index contributed by atoms with van der Waals surface area (Å²) in [6.07, 6.45) is 2.70. The molecule has 15 heteroatoms. The molecular weight excluding hydrogens is 604 g/mol. The van der Waals surface area contributed by atoms with E-state index in [0.717, 1.165) is 23.9 Å². The molecule has 15 nitrogen and oxygen atoms in total. The topological polar surface area (TPSA) is 229 Å². The van der Waals surface area contributed by atoms with Crippen molar-refractivity contribution in [2.45, 2.75) is 165 Å². The quantitative estimate of drug-likeness (QED) is 0.0824. The van der Waals surface area contributed by atoms with Gasteiger partial charge in [-0.15, -0.1) is 5.10 Å². The second kappa shape index (κ2) is 20.5. The Balaban J connectivity index is 1.36. The van der Waals surface area contributed by atoms with Gasteiger partial charge in [0.25, 0.3) is 0 Å². The van der Waals surface area contributed by atoms with Crippen LogP contribution in [0.4, 0.5) is 0 Å². The zero-order chi connectivity index (χ0) is 33.5. The molecule has 0 saturated carbocycles. The summed E-state index contributed by atoms with van der Waals surface area (Å²) in [5.41, 5.74) is 0.393. The minimum absolute atomic E-state index is 0.101. The summed E-state index contributed by atoms with van der Waals surface area (Å²) in [5, 5.41) is 82.0. The third kappa shape index (κ3) is 11.4. The Labute approximate surface area is 270 Å². The average molecular weight is 661 g/mol. The lowest BCUT2D eigenvalue weighted by Crippen LogP contribution is -2.63. The highest BCUT2D eigenvalue weighted by atomic mass is 16.7. The second-order valence-electron chi connectivity index (χ2n) is 12.5. The fourth-order valence-electron chi connectivity index (χ4n) is 5.89. The Bertz CT molecular complexity index is 984. The van der Waals surface area contributed by atoms with Crippen LogP contribution < -0.4 is 5.32 Å². The number of aliphatic hydroxyl groups excluding tert-OH is 7. The molecule has 1 aromatic rings.